The first kappa shape index (κ1) is 23.2. The third-order valence-electron chi connectivity index (χ3n) is 5.13. The van der Waals surface area contributed by atoms with Crippen LogP contribution in [-0.2, 0) is 6.54 Å². The number of nitrogens with zero attached hydrogens (tertiary/aromatic N) is 4. The van der Waals surface area contributed by atoms with Crippen LogP contribution in [0.25, 0.3) is 0 Å². The minimum atomic E-state index is -0.0238. The van der Waals surface area contributed by atoms with Gasteiger partial charge in [0.15, 0.2) is 5.96 Å². The van der Waals surface area contributed by atoms with Crippen molar-refractivity contribution in [1.29, 1.82) is 0 Å². The van der Waals surface area contributed by atoms with E-state index >= 15 is 0 Å². The number of pyridine rings is 1. The Kier molecular flexibility index (Phi) is 8.79. The lowest BCUT2D eigenvalue weighted by Gasteiger charge is -2.34. The summed E-state index contributed by atoms with van der Waals surface area (Å²) in [6.45, 7) is 10.2. The average molecular weight is 445 g/mol. The Balaban J connectivity index is 1.58. The van der Waals surface area contributed by atoms with E-state index in [0.717, 1.165) is 55.8 Å². The van der Waals surface area contributed by atoms with Gasteiger partial charge in [0.1, 0.15) is 17.7 Å². The number of hydrogen-bond donors (Lipinski definition) is 2. The number of rotatable bonds is 8. The Labute approximate surface area is 190 Å². The molecule has 8 heteroatoms. The van der Waals surface area contributed by atoms with Crippen LogP contribution < -0.4 is 20.3 Å². The lowest BCUT2D eigenvalue weighted by molar-refractivity contribution is 0.224. The molecule has 1 aliphatic heterocycles. The normalized spacial score (nSPS) is 16.1. The molecule has 1 aromatic carbocycles. The quantitative estimate of drug-likeness (QED) is 0.482. The molecule has 0 amide bonds. The molecule has 1 atom stereocenters. The van der Waals surface area contributed by atoms with Crippen LogP contribution in [0.3, 0.4) is 0 Å². The fourth-order valence-electron chi connectivity index (χ4n) is 3.39. The number of likely N-dealkylation sites (N-methyl/N-ethyl adjacent to an activating group) is 1. The summed E-state index contributed by atoms with van der Waals surface area (Å²) in [4.78, 5) is 14.1. The van der Waals surface area contributed by atoms with Crippen molar-refractivity contribution in [2.45, 2.75) is 26.5 Å². The molecule has 168 valence electrons. The van der Waals surface area contributed by atoms with Crippen molar-refractivity contribution in [1.82, 2.24) is 20.5 Å². The maximum atomic E-state index is 5.94. The van der Waals surface area contributed by atoms with Gasteiger partial charge in [-0.15, -0.1) is 0 Å². The third kappa shape index (κ3) is 7.29. The Morgan fingerprint density at radius 2 is 1.90 bits per heavy atom. The number of aromatic nitrogens is 1. The van der Waals surface area contributed by atoms with Crippen molar-refractivity contribution < 1.29 is 4.74 Å². The summed E-state index contributed by atoms with van der Waals surface area (Å²) in [5.74, 6) is 2.60. The van der Waals surface area contributed by atoms with Crippen LogP contribution in [0.5, 0.6) is 5.75 Å². The number of benzene rings is 1. The molecule has 0 saturated carbocycles. The first-order chi connectivity index (χ1) is 15.0. The second-order valence-corrected chi connectivity index (χ2v) is 8.17. The Morgan fingerprint density at radius 3 is 2.61 bits per heavy atom. The van der Waals surface area contributed by atoms with Crippen LogP contribution in [0.2, 0.25) is 5.02 Å². The fourth-order valence-corrected chi connectivity index (χ4v) is 3.52. The highest BCUT2D eigenvalue weighted by Gasteiger charge is 2.17. The second-order valence-electron chi connectivity index (χ2n) is 7.73. The summed E-state index contributed by atoms with van der Waals surface area (Å²) in [7, 11) is 2.16. The van der Waals surface area contributed by atoms with Gasteiger partial charge in [-0.25, -0.2) is 9.98 Å². The molecule has 0 bridgehead atoms. The van der Waals surface area contributed by atoms with Crippen LogP contribution in [0.4, 0.5) is 5.82 Å². The van der Waals surface area contributed by atoms with Crippen molar-refractivity contribution in [2.24, 2.45) is 4.99 Å². The van der Waals surface area contributed by atoms with Gasteiger partial charge < -0.3 is 25.2 Å². The third-order valence-corrected chi connectivity index (χ3v) is 5.38. The molecule has 1 saturated heterocycles. The van der Waals surface area contributed by atoms with E-state index in [1.807, 2.05) is 43.5 Å². The summed E-state index contributed by atoms with van der Waals surface area (Å²) in [5, 5.41) is 7.38. The van der Waals surface area contributed by atoms with E-state index in [4.69, 9.17) is 21.3 Å². The number of piperazine rings is 1. The topological polar surface area (TPSA) is 65.0 Å². The van der Waals surface area contributed by atoms with E-state index < -0.39 is 0 Å². The van der Waals surface area contributed by atoms with E-state index in [1.54, 1.807) is 0 Å². The molecule has 2 aromatic rings. The van der Waals surface area contributed by atoms with Crippen LogP contribution in [-0.4, -0.2) is 68.3 Å². The Morgan fingerprint density at radius 1 is 1.16 bits per heavy atom. The highest BCUT2D eigenvalue weighted by molar-refractivity contribution is 6.30. The van der Waals surface area contributed by atoms with Crippen LogP contribution in [0.1, 0.15) is 19.4 Å². The minimum absolute atomic E-state index is 0.0238. The molecule has 1 aliphatic rings. The van der Waals surface area contributed by atoms with E-state index in [-0.39, 0.29) is 6.10 Å². The van der Waals surface area contributed by atoms with E-state index in [1.165, 1.54) is 0 Å². The molecule has 0 radical (unpaired) electrons. The lowest BCUT2D eigenvalue weighted by atomic mass is 10.2. The summed E-state index contributed by atoms with van der Waals surface area (Å²) < 4.78 is 5.94. The number of anilines is 1. The zero-order chi connectivity index (χ0) is 22.1. The number of hydrogen-bond acceptors (Lipinski definition) is 5. The summed E-state index contributed by atoms with van der Waals surface area (Å²) in [6.07, 6.45) is 1.84. The zero-order valence-electron chi connectivity index (χ0n) is 18.6. The van der Waals surface area contributed by atoms with Crippen LogP contribution >= 0.6 is 11.6 Å². The maximum Gasteiger partial charge on any atom is 0.191 e. The van der Waals surface area contributed by atoms with E-state index in [9.17, 15) is 0 Å². The van der Waals surface area contributed by atoms with Gasteiger partial charge in [0.25, 0.3) is 0 Å². The summed E-state index contributed by atoms with van der Waals surface area (Å²) in [6, 6.07) is 11.5. The molecule has 7 nitrogen and oxygen atoms in total. The maximum absolute atomic E-state index is 5.94. The number of ether oxygens (including phenoxy) is 1. The van der Waals surface area contributed by atoms with Crippen molar-refractivity contribution in [3.05, 3.63) is 53.2 Å². The second kappa shape index (κ2) is 11.8. The van der Waals surface area contributed by atoms with Gasteiger partial charge in [-0.1, -0.05) is 17.7 Å². The first-order valence-electron chi connectivity index (χ1n) is 10.9. The predicted octanol–water partition coefficient (Wildman–Crippen LogP) is 3.01. The number of nitrogens with one attached hydrogen (secondary N) is 2. The number of guanidine groups is 1. The molecule has 0 aliphatic carbocycles. The molecule has 2 heterocycles. The molecule has 1 fully saturated rings. The molecular weight excluding hydrogens is 412 g/mol. The fraction of sp³-hybridized carbons (Fsp3) is 0.478. The van der Waals surface area contributed by atoms with Gasteiger partial charge in [0, 0.05) is 49.5 Å². The van der Waals surface area contributed by atoms with Gasteiger partial charge >= 0.3 is 0 Å². The molecule has 31 heavy (non-hydrogen) atoms. The van der Waals surface area contributed by atoms with Gasteiger partial charge in [-0.3, -0.25) is 0 Å². The monoisotopic (exact) mass is 444 g/mol. The van der Waals surface area contributed by atoms with Crippen LogP contribution in [0, 0.1) is 0 Å². The van der Waals surface area contributed by atoms with Gasteiger partial charge in [0.2, 0.25) is 0 Å². The lowest BCUT2D eigenvalue weighted by Crippen LogP contribution is -2.45. The molecular formula is C23H33ClN6O. The highest BCUT2D eigenvalue weighted by Crippen LogP contribution is 2.20. The summed E-state index contributed by atoms with van der Waals surface area (Å²) >= 11 is 5.94. The van der Waals surface area contributed by atoms with Crippen molar-refractivity contribution in [3.8, 4) is 5.75 Å². The van der Waals surface area contributed by atoms with Gasteiger partial charge in [0.05, 0.1) is 13.1 Å². The largest absolute Gasteiger partial charge is 0.489 e. The van der Waals surface area contributed by atoms with E-state index in [2.05, 4.69) is 45.5 Å². The van der Waals surface area contributed by atoms with Crippen molar-refractivity contribution >= 4 is 23.4 Å². The number of halogens is 1. The Bertz CT molecular complexity index is 836. The van der Waals surface area contributed by atoms with Crippen molar-refractivity contribution in [2.75, 3.05) is 51.2 Å². The molecule has 1 unspecified atom stereocenters. The van der Waals surface area contributed by atoms with Gasteiger partial charge in [-0.2, -0.15) is 0 Å². The predicted molar refractivity (Wildman–Crippen MR) is 128 cm³/mol. The average Bonchev–Trinajstić information content (AvgIpc) is 2.78. The number of aliphatic imine (C=N–C) groups is 1. The summed E-state index contributed by atoms with van der Waals surface area (Å²) in [5.41, 5.74) is 1.13. The SMILES string of the molecule is CCNC(=NCc1cccnc1N1CCN(C)CC1)NCC(C)Oc1ccc(Cl)cc1. The van der Waals surface area contributed by atoms with Crippen LogP contribution in [0.15, 0.2) is 47.6 Å². The van der Waals surface area contributed by atoms with Crippen molar-refractivity contribution in [3.63, 3.8) is 0 Å². The standard InChI is InChI=1S/C23H33ClN6O/c1-4-25-23(27-16-18(2)31-21-9-7-20(24)8-10-21)28-17-19-6-5-11-26-22(19)30-14-12-29(3)13-15-30/h5-11,18H,4,12-17H2,1-3H3,(H2,25,27,28). The van der Waals surface area contributed by atoms with E-state index in [0.29, 0.717) is 18.1 Å². The zero-order valence-corrected chi connectivity index (χ0v) is 19.4. The molecule has 1 aromatic heterocycles. The Hall–Kier alpha value is -2.51. The molecule has 0 spiro atoms. The highest BCUT2D eigenvalue weighted by atomic mass is 35.5. The molecule has 3 rings (SSSR count). The smallest absolute Gasteiger partial charge is 0.191 e. The molecule has 2 N–H and O–H groups in total. The minimum Gasteiger partial charge on any atom is -0.489 e. The van der Waals surface area contributed by atoms with Gasteiger partial charge in [-0.05, 0) is 51.2 Å². The first-order valence-corrected chi connectivity index (χ1v) is 11.2.